The summed E-state index contributed by atoms with van der Waals surface area (Å²) in [5, 5.41) is 0. The molecule has 0 atom stereocenters. The van der Waals surface area contributed by atoms with Gasteiger partial charge >= 0.3 is 0 Å². The van der Waals surface area contributed by atoms with Crippen molar-refractivity contribution in [3.63, 3.8) is 0 Å². The Morgan fingerprint density at radius 1 is 1.27 bits per heavy atom. The molecule has 0 nitrogen and oxygen atoms in total. The van der Waals surface area contributed by atoms with Gasteiger partial charge in [0.25, 0.3) is 0 Å². The molecule has 0 aliphatic rings. The summed E-state index contributed by atoms with van der Waals surface area (Å²) in [6.45, 7) is 2.19. The van der Waals surface area contributed by atoms with Crippen LogP contribution >= 0.6 is 0 Å². The van der Waals surface area contributed by atoms with Crippen molar-refractivity contribution in [1.82, 2.24) is 0 Å². The SMILES string of the molecule is [B]c1ccccc1CCCC. The van der Waals surface area contributed by atoms with Gasteiger partial charge < -0.3 is 0 Å². The fourth-order valence-electron chi connectivity index (χ4n) is 1.13. The Hall–Kier alpha value is -0.715. The van der Waals surface area contributed by atoms with Crippen molar-refractivity contribution >= 4 is 13.3 Å². The molecule has 0 fully saturated rings. The molecule has 2 radical (unpaired) electrons. The average Bonchev–Trinajstić information content (AvgIpc) is 2.03. The highest BCUT2D eigenvalue weighted by Crippen LogP contribution is 2.00. The predicted molar refractivity (Wildman–Crippen MR) is 50.4 cm³/mol. The third-order valence-corrected chi connectivity index (χ3v) is 1.85. The van der Waals surface area contributed by atoms with Crippen LogP contribution in [0, 0.1) is 0 Å². The third kappa shape index (κ3) is 2.41. The zero-order valence-corrected chi connectivity index (χ0v) is 7.01. The summed E-state index contributed by atoms with van der Waals surface area (Å²) in [5.41, 5.74) is 2.22. The number of rotatable bonds is 3. The molecule has 56 valence electrons. The summed E-state index contributed by atoms with van der Waals surface area (Å²) in [6.07, 6.45) is 3.58. The van der Waals surface area contributed by atoms with Crippen LogP contribution in [0.4, 0.5) is 0 Å². The smallest absolute Gasteiger partial charge is 0.0935 e. The molecule has 1 aromatic rings. The monoisotopic (exact) mass is 144 g/mol. The zero-order chi connectivity index (χ0) is 8.10. The summed E-state index contributed by atoms with van der Waals surface area (Å²) in [7, 11) is 5.76. The minimum atomic E-state index is 0.931. The molecule has 11 heavy (non-hydrogen) atoms. The van der Waals surface area contributed by atoms with E-state index in [-0.39, 0.29) is 0 Å². The van der Waals surface area contributed by atoms with Gasteiger partial charge in [0, 0.05) is 0 Å². The molecule has 0 heterocycles. The maximum atomic E-state index is 5.76. The van der Waals surface area contributed by atoms with Gasteiger partial charge in [-0.3, -0.25) is 0 Å². The van der Waals surface area contributed by atoms with Gasteiger partial charge in [0.05, 0.1) is 0 Å². The molecule has 0 amide bonds. The van der Waals surface area contributed by atoms with E-state index in [1.807, 2.05) is 18.2 Å². The van der Waals surface area contributed by atoms with Gasteiger partial charge in [0.15, 0.2) is 0 Å². The van der Waals surface area contributed by atoms with Crippen LogP contribution in [-0.4, -0.2) is 7.85 Å². The number of hydrogen-bond donors (Lipinski definition) is 0. The molecule has 0 aliphatic carbocycles. The van der Waals surface area contributed by atoms with Crippen LogP contribution in [0.3, 0.4) is 0 Å². The highest BCUT2D eigenvalue weighted by Gasteiger charge is 1.93. The molecule has 0 saturated heterocycles. The van der Waals surface area contributed by atoms with Crippen molar-refractivity contribution in [1.29, 1.82) is 0 Å². The fourth-order valence-corrected chi connectivity index (χ4v) is 1.13. The number of aryl methyl sites for hydroxylation is 1. The Morgan fingerprint density at radius 2 is 2.00 bits per heavy atom. The lowest BCUT2D eigenvalue weighted by molar-refractivity contribution is 0.798. The van der Waals surface area contributed by atoms with Crippen LogP contribution in [0.25, 0.3) is 0 Å². The molecule has 0 N–H and O–H groups in total. The molecular weight excluding hydrogens is 131 g/mol. The second-order valence-corrected chi connectivity index (χ2v) is 2.80. The Kier molecular flexibility index (Phi) is 3.22. The van der Waals surface area contributed by atoms with E-state index in [0.29, 0.717) is 0 Å². The molecule has 0 saturated carbocycles. The van der Waals surface area contributed by atoms with Gasteiger partial charge in [-0.15, -0.1) is 0 Å². The first-order chi connectivity index (χ1) is 5.34. The summed E-state index contributed by atoms with van der Waals surface area (Å²) in [5.74, 6) is 0. The van der Waals surface area contributed by atoms with Gasteiger partial charge in [-0.1, -0.05) is 48.6 Å². The largest absolute Gasteiger partial charge is 0.114 e. The lowest BCUT2D eigenvalue weighted by Gasteiger charge is -2.03. The van der Waals surface area contributed by atoms with E-state index < -0.39 is 0 Å². The average molecular weight is 144 g/mol. The number of benzene rings is 1. The molecule has 0 unspecified atom stereocenters. The van der Waals surface area contributed by atoms with Gasteiger partial charge in [0.2, 0.25) is 0 Å². The Morgan fingerprint density at radius 3 is 2.64 bits per heavy atom. The summed E-state index contributed by atoms with van der Waals surface area (Å²) >= 11 is 0. The van der Waals surface area contributed by atoms with Crippen LogP contribution in [0.5, 0.6) is 0 Å². The Bertz CT molecular complexity index is 218. The second kappa shape index (κ2) is 4.22. The minimum Gasteiger partial charge on any atom is -0.0935 e. The topological polar surface area (TPSA) is 0 Å². The van der Waals surface area contributed by atoms with Crippen molar-refractivity contribution in [3.05, 3.63) is 29.8 Å². The van der Waals surface area contributed by atoms with Crippen molar-refractivity contribution in [3.8, 4) is 0 Å². The maximum absolute atomic E-state index is 5.76. The molecular formula is C10H13B. The van der Waals surface area contributed by atoms with E-state index in [2.05, 4.69) is 13.0 Å². The number of unbranched alkanes of at least 4 members (excludes halogenated alkanes) is 1. The van der Waals surface area contributed by atoms with Gasteiger partial charge in [-0.05, 0) is 12.8 Å². The normalized spacial score (nSPS) is 9.91. The predicted octanol–water partition coefficient (Wildman–Crippen LogP) is 1.82. The van der Waals surface area contributed by atoms with E-state index in [1.165, 1.54) is 18.4 Å². The molecule has 0 spiro atoms. The second-order valence-electron chi connectivity index (χ2n) is 2.80. The summed E-state index contributed by atoms with van der Waals surface area (Å²) < 4.78 is 0. The third-order valence-electron chi connectivity index (χ3n) is 1.85. The summed E-state index contributed by atoms with van der Waals surface area (Å²) in [6, 6.07) is 8.09. The van der Waals surface area contributed by atoms with E-state index in [9.17, 15) is 0 Å². The van der Waals surface area contributed by atoms with Crippen LogP contribution in [-0.2, 0) is 6.42 Å². The van der Waals surface area contributed by atoms with Crippen LogP contribution in [0.15, 0.2) is 24.3 Å². The van der Waals surface area contributed by atoms with Crippen LogP contribution < -0.4 is 5.46 Å². The zero-order valence-electron chi connectivity index (χ0n) is 7.01. The lowest BCUT2D eigenvalue weighted by atomic mass is 9.88. The van der Waals surface area contributed by atoms with Crippen LogP contribution in [0.1, 0.15) is 25.3 Å². The minimum absolute atomic E-state index is 0.931. The van der Waals surface area contributed by atoms with Gasteiger partial charge in [-0.2, -0.15) is 0 Å². The number of hydrogen-bond acceptors (Lipinski definition) is 0. The van der Waals surface area contributed by atoms with Crippen molar-refractivity contribution in [2.24, 2.45) is 0 Å². The lowest BCUT2D eigenvalue weighted by Crippen LogP contribution is -2.08. The first-order valence-electron chi connectivity index (χ1n) is 4.18. The van der Waals surface area contributed by atoms with E-state index >= 15 is 0 Å². The van der Waals surface area contributed by atoms with E-state index in [0.717, 1.165) is 11.9 Å². The summed E-state index contributed by atoms with van der Waals surface area (Å²) in [4.78, 5) is 0. The molecule has 0 bridgehead atoms. The first kappa shape index (κ1) is 8.38. The Balaban J connectivity index is 2.62. The maximum Gasteiger partial charge on any atom is 0.114 e. The fraction of sp³-hybridized carbons (Fsp3) is 0.400. The van der Waals surface area contributed by atoms with Gasteiger partial charge in [-0.25, -0.2) is 0 Å². The van der Waals surface area contributed by atoms with E-state index in [1.54, 1.807) is 0 Å². The van der Waals surface area contributed by atoms with Crippen molar-refractivity contribution < 1.29 is 0 Å². The van der Waals surface area contributed by atoms with Crippen molar-refractivity contribution in [2.45, 2.75) is 26.2 Å². The molecule has 1 heteroatoms. The van der Waals surface area contributed by atoms with Gasteiger partial charge in [0.1, 0.15) is 7.85 Å². The Labute approximate surface area is 70.0 Å². The first-order valence-corrected chi connectivity index (χ1v) is 4.18. The highest BCUT2D eigenvalue weighted by molar-refractivity contribution is 6.33. The molecule has 0 aromatic heterocycles. The van der Waals surface area contributed by atoms with E-state index in [4.69, 9.17) is 7.85 Å². The standard InChI is InChI=1S/C10H13B/c1-2-3-6-9-7-4-5-8-10(9)11/h4-5,7-8H,2-3,6H2,1H3. The highest BCUT2D eigenvalue weighted by atomic mass is 14.0. The van der Waals surface area contributed by atoms with Crippen LogP contribution in [0.2, 0.25) is 0 Å². The quantitative estimate of drug-likeness (QED) is 0.567. The molecule has 1 rings (SSSR count). The van der Waals surface area contributed by atoms with Crippen molar-refractivity contribution in [2.75, 3.05) is 0 Å². The molecule has 1 aromatic carbocycles. The molecule has 0 aliphatic heterocycles.